The summed E-state index contributed by atoms with van der Waals surface area (Å²) >= 11 is 0. The highest BCUT2D eigenvalue weighted by Crippen LogP contribution is 2.21. The molecule has 1 aliphatic carbocycles. The van der Waals surface area contributed by atoms with Crippen LogP contribution in [0.1, 0.15) is 38.7 Å². The summed E-state index contributed by atoms with van der Waals surface area (Å²) in [7, 11) is -3.57. The highest BCUT2D eigenvalue weighted by atomic mass is 32.2. The van der Waals surface area contributed by atoms with Gasteiger partial charge < -0.3 is 5.32 Å². The van der Waals surface area contributed by atoms with E-state index in [9.17, 15) is 12.8 Å². The van der Waals surface area contributed by atoms with E-state index in [-0.39, 0.29) is 16.6 Å². The summed E-state index contributed by atoms with van der Waals surface area (Å²) in [5.74, 6) is -0.0970. The molecule has 1 aromatic rings. The van der Waals surface area contributed by atoms with Crippen LogP contribution in [0.3, 0.4) is 0 Å². The summed E-state index contributed by atoms with van der Waals surface area (Å²) in [6, 6.07) is 4.41. The molecule has 118 valence electrons. The van der Waals surface area contributed by atoms with Gasteiger partial charge in [0.15, 0.2) is 0 Å². The molecule has 0 amide bonds. The van der Waals surface area contributed by atoms with Gasteiger partial charge in [0.2, 0.25) is 10.0 Å². The molecule has 1 aliphatic rings. The quantitative estimate of drug-likeness (QED) is 0.774. The Hall–Kier alpha value is -0.980. The lowest BCUT2D eigenvalue weighted by atomic mass is 10.1. The molecule has 0 bridgehead atoms. The molecule has 0 radical (unpaired) electrons. The molecule has 21 heavy (non-hydrogen) atoms. The van der Waals surface area contributed by atoms with Crippen molar-refractivity contribution >= 4 is 10.0 Å². The summed E-state index contributed by atoms with van der Waals surface area (Å²) in [5, 5.41) is 3.20. The fourth-order valence-corrected chi connectivity index (χ4v) is 3.09. The molecule has 0 heterocycles. The van der Waals surface area contributed by atoms with Gasteiger partial charge in [-0.2, -0.15) is 0 Å². The second-order valence-electron chi connectivity index (χ2n) is 5.77. The van der Waals surface area contributed by atoms with Crippen molar-refractivity contribution in [2.24, 2.45) is 5.92 Å². The molecule has 1 aromatic carbocycles. The number of benzene rings is 1. The van der Waals surface area contributed by atoms with Crippen LogP contribution in [0.15, 0.2) is 23.1 Å². The van der Waals surface area contributed by atoms with E-state index in [0.29, 0.717) is 24.7 Å². The fraction of sp³-hybridized carbons (Fsp3) is 0.600. The first kappa shape index (κ1) is 16.4. The van der Waals surface area contributed by atoms with E-state index in [4.69, 9.17) is 0 Å². The molecule has 1 atom stereocenters. The standard InChI is InChI=1S/C15H23FN2O2S/c1-3-11(2)9-18-21(19,20)14-6-7-15(16)12(8-14)10-17-13-4-5-13/h6-8,11,13,17-18H,3-5,9-10H2,1-2H3. The number of hydrogen-bond acceptors (Lipinski definition) is 3. The highest BCUT2D eigenvalue weighted by molar-refractivity contribution is 7.89. The van der Waals surface area contributed by atoms with Crippen LogP contribution >= 0.6 is 0 Å². The first-order chi connectivity index (χ1) is 9.92. The van der Waals surface area contributed by atoms with Gasteiger partial charge in [0.25, 0.3) is 0 Å². The Morgan fingerprint density at radius 3 is 2.71 bits per heavy atom. The van der Waals surface area contributed by atoms with Gasteiger partial charge in [-0.3, -0.25) is 0 Å². The number of nitrogens with one attached hydrogen (secondary N) is 2. The maximum Gasteiger partial charge on any atom is 0.240 e. The van der Waals surface area contributed by atoms with Crippen LogP contribution < -0.4 is 10.0 Å². The van der Waals surface area contributed by atoms with Crippen molar-refractivity contribution in [3.8, 4) is 0 Å². The lowest BCUT2D eigenvalue weighted by molar-refractivity contribution is 0.528. The van der Waals surface area contributed by atoms with Gasteiger partial charge in [-0.05, 0) is 37.0 Å². The molecule has 1 unspecified atom stereocenters. The molecule has 0 aliphatic heterocycles. The Morgan fingerprint density at radius 2 is 2.10 bits per heavy atom. The van der Waals surface area contributed by atoms with Gasteiger partial charge in [-0.1, -0.05) is 20.3 Å². The number of hydrogen-bond donors (Lipinski definition) is 2. The molecule has 0 aromatic heterocycles. The minimum Gasteiger partial charge on any atom is -0.310 e. The van der Waals surface area contributed by atoms with Gasteiger partial charge in [0.05, 0.1) is 4.90 Å². The molecule has 1 fully saturated rings. The molecular weight excluding hydrogens is 291 g/mol. The zero-order valence-electron chi connectivity index (χ0n) is 12.5. The van der Waals surface area contributed by atoms with E-state index >= 15 is 0 Å². The van der Waals surface area contributed by atoms with E-state index in [0.717, 1.165) is 19.3 Å². The summed E-state index contributed by atoms with van der Waals surface area (Å²) < 4.78 is 40.7. The zero-order valence-corrected chi connectivity index (χ0v) is 13.3. The molecule has 0 saturated heterocycles. The SMILES string of the molecule is CCC(C)CNS(=O)(=O)c1ccc(F)c(CNC2CC2)c1. The van der Waals surface area contributed by atoms with Crippen molar-refractivity contribution in [3.63, 3.8) is 0 Å². The van der Waals surface area contributed by atoms with E-state index in [1.807, 2.05) is 13.8 Å². The van der Waals surface area contributed by atoms with E-state index < -0.39 is 10.0 Å². The van der Waals surface area contributed by atoms with Gasteiger partial charge in [0, 0.05) is 24.7 Å². The Kier molecular flexibility index (Phi) is 5.35. The van der Waals surface area contributed by atoms with Crippen LogP contribution in [0, 0.1) is 11.7 Å². The Labute approximate surface area is 126 Å². The highest BCUT2D eigenvalue weighted by Gasteiger charge is 2.21. The van der Waals surface area contributed by atoms with Gasteiger partial charge in [-0.25, -0.2) is 17.5 Å². The average molecular weight is 314 g/mol. The molecule has 6 heteroatoms. The average Bonchev–Trinajstić information content (AvgIpc) is 3.28. The minimum atomic E-state index is -3.57. The summed E-state index contributed by atoms with van der Waals surface area (Å²) in [5.41, 5.74) is 0.397. The van der Waals surface area contributed by atoms with Gasteiger partial charge in [0.1, 0.15) is 5.82 Å². The van der Waals surface area contributed by atoms with E-state index in [2.05, 4.69) is 10.0 Å². The van der Waals surface area contributed by atoms with Crippen LogP contribution in [0.5, 0.6) is 0 Å². The van der Waals surface area contributed by atoms with Crippen molar-refractivity contribution in [1.82, 2.24) is 10.0 Å². The molecule has 2 rings (SSSR count). The predicted octanol–water partition coefficient (Wildman–Crippen LogP) is 2.40. The topological polar surface area (TPSA) is 58.2 Å². The van der Waals surface area contributed by atoms with Crippen LogP contribution in [0.4, 0.5) is 4.39 Å². The molecule has 2 N–H and O–H groups in total. The van der Waals surface area contributed by atoms with Crippen molar-refractivity contribution in [1.29, 1.82) is 0 Å². The smallest absolute Gasteiger partial charge is 0.240 e. The first-order valence-corrected chi connectivity index (χ1v) is 8.92. The third-order valence-corrected chi connectivity index (χ3v) is 5.23. The Balaban J connectivity index is 2.08. The van der Waals surface area contributed by atoms with E-state index in [1.54, 1.807) is 0 Å². The summed E-state index contributed by atoms with van der Waals surface area (Å²) in [6.45, 7) is 4.76. The number of halogens is 1. The molecule has 0 spiro atoms. The lowest BCUT2D eigenvalue weighted by Crippen LogP contribution is -2.28. The second-order valence-corrected chi connectivity index (χ2v) is 7.54. The maximum absolute atomic E-state index is 13.7. The van der Waals surface area contributed by atoms with Crippen LogP contribution in [-0.4, -0.2) is 21.0 Å². The van der Waals surface area contributed by atoms with Gasteiger partial charge in [-0.15, -0.1) is 0 Å². The third-order valence-electron chi connectivity index (χ3n) is 3.80. The molecular formula is C15H23FN2O2S. The fourth-order valence-electron chi connectivity index (χ4n) is 1.88. The maximum atomic E-state index is 13.7. The summed E-state index contributed by atoms with van der Waals surface area (Å²) in [4.78, 5) is 0.125. The van der Waals surface area contributed by atoms with Crippen molar-refractivity contribution in [3.05, 3.63) is 29.6 Å². The minimum absolute atomic E-state index is 0.125. The normalized spacial score (nSPS) is 16.9. The van der Waals surface area contributed by atoms with Crippen LogP contribution in [0.2, 0.25) is 0 Å². The predicted molar refractivity (Wildman–Crippen MR) is 80.9 cm³/mol. The lowest BCUT2D eigenvalue weighted by Gasteiger charge is -2.12. The van der Waals surface area contributed by atoms with E-state index in [1.165, 1.54) is 18.2 Å². The third kappa shape index (κ3) is 4.76. The van der Waals surface area contributed by atoms with Crippen molar-refractivity contribution in [2.75, 3.05) is 6.54 Å². The van der Waals surface area contributed by atoms with Crippen LogP contribution in [-0.2, 0) is 16.6 Å². The Morgan fingerprint density at radius 1 is 1.38 bits per heavy atom. The first-order valence-electron chi connectivity index (χ1n) is 7.44. The second kappa shape index (κ2) is 6.85. The monoisotopic (exact) mass is 314 g/mol. The summed E-state index contributed by atoms with van der Waals surface area (Å²) in [6.07, 6.45) is 3.12. The van der Waals surface area contributed by atoms with Crippen LogP contribution in [0.25, 0.3) is 0 Å². The molecule has 4 nitrogen and oxygen atoms in total. The largest absolute Gasteiger partial charge is 0.310 e. The van der Waals surface area contributed by atoms with Crippen molar-refractivity contribution < 1.29 is 12.8 Å². The van der Waals surface area contributed by atoms with Crippen molar-refractivity contribution in [2.45, 2.75) is 50.6 Å². The zero-order chi connectivity index (χ0) is 15.5. The Bertz CT molecular complexity index is 585. The number of sulfonamides is 1. The van der Waals surface area contributed by atoms with Gasteiger partial charge >= 0.3 is 0 Å². The molecule has 1 saturated carbocycles. The number of rotatable bonds is 8.